The molecule has 0 bridgehead atoms. The number of rotatable bonds is 7. The maximum atomic E-state index is 13.6. The number of carbonyl (C=O) groups excluding carboxylic acids is 1. The van der Waals surface area contributed by atoms with Crippen LogP contribution in [0.5, 0.6) is 5.75 Å². The minimum absolute atomic E-state index is 0.0408. The van der Waals surface area contributed by atoms with E-state index < -0.39 is 0 Å². The van der Waals surface area contributed by atoms with E-state index >= 15 is 0 Å². The number of thioether (sulfide) groups is 1. The van der Waals surface area contributed by atoms with Crippen molar-refractivity contribution in [3.05, 3.63) is 65.0 Å². The number of benzene rings is 2. The maximum Gasteiger partial charge on any atom is 0.176 e. The summed E-state index contributed by atoms with van der Waals surface area (Å²) in [6.45, 7) is 4.06. The number of ether oxygens (including phenoxy) is 1. The Kier molecular flexibility index (Phi) is 6.01. The van der Waals surface area contributed by atoms with Crippen LogP contribution in [0.4, 0.5) is 4.39 Å². The van der Waals surface area contributed by atoms with Gasteiger partial charge in [-0.25, -0.2) is 4.39 Å². The monoisotopic (exact) mass is 318 g/mol. The number of halogens is 1. The molecule has 0 aromatic heterocycles. The van der Waals surface area contributed by atoms with Gasteiger partial charge in [-0.2, -0.15) is 11.8 Å². The molecule has 2 aromatic carbocycles. The van der Waals surface area contributed by atoms with Gasteiger partial charge in [0.05, 0.1) is 11.3 Å². The van der Waals surface area contributed by atoms with Crippen LogP contribution >= 0.6 is 11.8 Å². The Balaban J connectivity index is 2.16. The Morgan fingerprint density at radius 3 is 2.73 bits per heavy atom. The Bertz CT molecular complexity index is 655. The molecule has 2 rings (SSSR count). The molecule has 0 aliphatic heterocycles. The molecule has 2 aromatic rings. The van der Waals surface area contributed by atoms with Gasteiger partial charge in [-0.05, 0) is 30.9 Å². The molecule has 0 radical (unpaired) electrons. The predicted molar refractivity (Wildman–Crippen MR) is 89.2 cm³/mol. The van der Waals surface area contributed by atoms with E-state index in [9.17, 15) is 9.18 Å². The smallest absolute Gasteiger partial charge is 0.176 e. The highest BCUT2D eigenvalue weighted by Gasteiger charge is 2.13. The summed E-state index contributed by atoms with van der Waals surface area (Å²) in [7, 11) is 0. The first-order valence-corrected chi connectivity index (χ1v) is 8.35. The van der Waals surface area contributed by atoms with Crippen molar-refractivity contribution in [2.24, 2.45) is 0 Å². The molecule has 0 N–H and O–H groups in total. The second-order valence-electron chi connectivity index (χ2n) is 4.94. The molecule has 0 atom stereocenters. The molecule has 0 saturated heterocycles. The Morgan fingerprint density at radius 1 is 1.23 bits per heavy atom. The van der Waals surface area contributed by atoms with E-state index in [-0.39, 0.29) is 18.2 Å². The van der Waals surface area contributed by atoms with Gasteiger partial charge < -0.3 is 4.74 Å². The van der Waals surface area contributed by atoms with Gasteiger partial charge in [0, 0.05) is 5.56 Å². The van der Waals surface area contributed by atoms with Crippen molar-refractivity contribution >= 4 is 17.5 Å². The van der Waals surface area contributed by atoms with Gasteiger partial charge >= 0.3 is 0 Å². The third-order valence-electron chi connectivity index (χ3n) is 3.21. The highest BCUT2D eigenvalue weighted by Crippen LogP contribution is 2.23. The van der Waals surface area contributed by atoms with Crippen molar-refractivity contribution in [3.63, 3.8) is 0 Å². The molecule has 0 aliphatic carbocycles. The maximum absolute atomic E-state index is 13.6. The van der Waals surface area contributed by atoms with E-state index in [0.717, 1.165) is 11.3 Å². The zero-order valence-corrected chi connectivity index (χ0v) is 13.6. The van der Waals surface area contributed by atoms with Crippen LogP contribution in [-0.4, -0.2) is 17.3 Å². The van der Waals surface area contributed by atoms with E-state index in [4.69, 9.17) is 4.74 Å². The minimum atomic E-state index is -0.302. The van der Waals surface area contributed by atoms with Crippen molar-refractivity contribution in [1.82, 2.24) is 0 Å². The van der Waals surface area contributed by atoms with Crippen LogP contribution in [-0.2, 0) is 6.61 Å². The first-order valence-electron chi connectivity index (χ1n) is 7.19. The lowest BCUT2D eigenvalue weighted by Gasteiger charge is -2.12. The quantitative estimate of drug-likeness (QED) is 0.695. The molecule has 0 saturated carbocycles. The Labute approximate surface area is 134 Å². The van der Waals surface area contributed by atoms with E-state index in [1.807, 2.05) is 26.0 Å². The zero-order valence-electron chi connectivity index (χ0n) is 12.8. The number of aryl methyl sites for hydroxylation is 1. The summed E-state index contributed by atoms with van der Waals surface area (Å²) >= 11 is 1.58. The number of ketones is 1. The third kappa shape index (κ3) is 4.34. The van der Waals surface area contributed by atoms with Crippen LogP contribution in [0.3, 0.4) is 0 Å². The highest BCUT2D eigenvalue weighted by atomic mass is 32.2. The molecule has 0 fully saturated rings. The highest BCUT2D eigenvalue weighted by molar-refractivity contribution is 7.99. The zero-order chi connectivity index (χ0) is 15.9. The first-order chi connectivity index (χ1) is 10.6. The average Bonchev–Trinajstić information content (AvgIpc) is 2.52. The number of hydrogen-bond donors (Lipinski definition) is 0. The molecule has 0 aliphatic rings. The summed E-state index contributed by atoms with van der Waals surface area (Å²) in [6.07, 6.45) is 0. The second kappa shape index (κ2) is 7.99. The van der Waals surface area contributed by atoms with Crippen molar-refractivity contribution in [1.29, 1.82) is 0 Å². The Morgan fingerprint density at radius 2 is 2.00 bits per heavy atom. The summed E-state index contributed by atoms with van der Waals surface area (Å²) in [6, 6.07) is 12.0. The van der Waals surface area contributed by atoms with Gasteiger partial charge in [0.2, 0.25) is 0 Å². The lowest BCUT2D eigenvalue weighted by atomic mass is 10.1. The Hall–Kier alpha value is -1.81. The summed E-state index contributed by atoms with van der Waals surface area (Å²) in [5, 5.41) is 0. The average molecular weight is 318 g/mol. The van der Waals surface area contributed by atoms with E-state index in [1.165, 1.54) is 6.07 Å². The predicted octanol–water partition coefficient (Wildman–Crippen LogP) is 4.65. The third-order valence-corrected chi connectivity index (χ3v) is 4.09. The second-order valence-corrected chi connectivity index (χ2v) is 6.21. The summed E-state index contributed by atoms with van der Waals surface area (Å²) in [5.41, 5.74) is 2.05. The molecular formula is C18H19FO2S. The molecule has 4 heteroatoms. The SMILES string of the molecule is CCSCC(=O)c1cc(C)ccc1OCc1ccccc1F. The van der Waals surface area contributed by atoms with Crippen LogP contribution in [0.15, 0.2) is 42.5 Å². The van der Waals surface area contributed by atoms with Crippen LogP contribution in [0.25, 0.3) is 0 Å². The van der Waals surface area contributed by atoms with Gasteiger partial charge in [-0.1, -0.05) is 36.8 Å². The molecular weight excluding hydrogens is 299 g/mol. The molecule has 22 heavy (non-hydrogen) atoms. The van der Waals surface area contributed by atoms with E-state index in [1.54, 1.807) is 36.0 Å². The molecule has 0 spiro atoms. The van der Waals surface area contributed by atoms with Gasteiger partial charge in [0.1, 0.15) is 18.2 Å². The molecule has 2 nitrogen and oxygen atoms in total. The van der Waals surface area contributed by atoms with Crippen molar-refractivity contribution < 1.29 is 13.9 Å². The fourth-order valence-electron chi connectivity index (χ4n) is 2.03. The van der Waals surface area contributed by atoms with Crippen molar-refractivity contribution in [2.75, 3.05) is 11.5 Å². The van der Waals surface area contributed by atoms with Crippen LogP contribution in [0, 0.1) is 12.7 Å². The first kappa shape index (κ1) is 16.6. The number of Topliss-reactive ketones (excluding diaryl/α,β-unsaturated/α-hetero) is 1. The van der Waals surface area contributed by atoms with Gasteiger partial charge in [0.25, 0.3) is 0 Å². The van der Waals surface area contributed by atoms with Crippen LogP contribution in [0.1, 0.15) is 28.4 Å². The lowest BCUT2D eigenvalue weighted by molar-refractivity contribution is 0.101. The molecule has 0 amide bonds. The van der Waals surface area contributed by atoms with Crippen LogP contribution in [0.2, 0.25) is 0 Å². The number of carbonyl (C=O) groups is 1. The van der Waals surface area contributed by atoms with E-state index in [0.29, 0.717) is 22.6 Å². The molecule has 0 unspecified atom stereocenters. The fourth-order valence-corrected chi connectivity index (χ4v) is 2.58. The van der Waals surface area contributed by atoms with Crippen LogP contribution < -0.4 is 4.74 Å². The largest absolute Gasteiger partial charge is 0.488 e. The summed E-state index contributed by atoms with van der Waals surface area (Å²) in [5.74, 6) is 1.57. The van der Waals surface area contributed by atoms with Crippen molar-refractivity contribution in [3.8, 4) is 5.75 Å². The molecule has 0 heterocycles. The van der Waals surface area contributed by atoms with Crippen molar-refractivity contribution in [2.45, 2.75) is 20.5 Å². The standard InChI is InChI=1S/C18H19FO2S/c1-3-22-12-17(20)15-10-13(2)8-9-18(15)21-11-14-6-4-5-7-16(14)19/h4-10H,3,11-12H2,1-2H3. The number of hydrogen-bond acceptors (Lipinski definition) is 3. The van der Waals surface area contributed by atoms with Gasteiger partial charge in [0.15, 0.2) is 5.78 Å². The topological polar surface area (TPSA) is 26.3 Å². The van der Waals surface area contributed by atoms with Gasteiger partial charge in [-0.3, -0.25) is 4.79 Å². The fraction of sp³-hybridized carbons (Fsp3) is 0.278. The summed E-state index contributed by atoms with van der Waals surface area (Å²) in [4.78, 5) is 12.3. The van der Waals surface area contributed by atoms with E-state index in [2.05, 4.69) is 0 Å². The van der Waals surface area contributed by atoms with Gasteiger partial charge in [-0.15, -0.1) is 0 Å². The minimum Gasteiger partial charge on any atom is -0.488 e. The molecule has 116 valence electrons. The lowest BCUT2D eigenvalue weighted by Crippen LogP contribution is -2.08. The summed E-state index contributed by atoms with van der Waals surface area (Å²) < 4.78 is 19.3. The normalized spacial score (nSPS) is 10.5.